The smallest absolute Gasteiger partial charge is 0.255 e. The summed E-state index contributed by atoms with van der Waals surface area (Å²) in [6, 6.07) is 15.6. The molecule has 4 heteroatoms. The Balaban J connectivity index is 1.81. The van der Waals surface area contributed by atoms with Gasteiger partial charge in [0.25, 0.3) is 5.91 Å². The fourth-order valence-corrected chi connectivity index (χ4v) is 2.59. The summed E-state index contributed by atoms with van der Waals surface area (Å²) in [4.78, 5) is 18.9. The van der Waals surface area contributed by atoms with Crippen LogP contribution in [0.1, 0.15) is 27.4 Å². The molecule has 24 heavy (non-hydrogen) atoms. The van der Waals surface area contributed by atoms with Crippen LogP contribution in [0.4, 0.5) is 0 Å². The Morgan fingerprint density at radius 2 is 1.83 bits per heavy atom. The predicted octanol–water partition coefficient (Wildman–Crippen LogP) is 4.23. The van der Waals surface area contributed by atoms with Gasteiger partial charge in [-0.25, -0.2) is 0 Å². The molecule has 0 aliphatic rings. The minimum absolute atomic E-state index is 0.0631. The molecule has 0 unspecified atom stereocenters. The van der Waals surface area contributed by atoms with Gasteiger partial charge in [-0.05, 0) is 38.1 Å². The zero-order valence-corrected chi connectivity index (χ0v) is 14.1. The van der Waals surface area contributed by atoms with Gasteiger partial charge in [0.05, 0.1) is 29.8 Å². The van der Waals surface area contributed by atoms with Gasteiger partial charge in [0.2, 0.25) is 0 Å². The molecule has 0 spiro atoms. The Hall–Kier alpha value is -2.88. The van der Waals surface area contributed by atoms with Crippen LogP contribution in [0.15, 0.2) is 59.2 Å². The van der Waals surface area contributed by atoms with Crippen molar-refractivity contribution in [2.45, 2.75) is 20.4 Å². The van der Waals surface area contributed by atoms with Gasteiger partial charge in [0, 0.05) is 12.6 Å². The van der Waals surface area contributed by atoms with Crippen LogP contribution in [0.25, 0.3) is 11.3 Å². The molecule has 3 aromatic rings. The third kappa shape index (κ3) is 3.38. The lowest BCUT2D eigenvalue weighted by Gasteiger charge is -2.17. The Kier molecular flexibility index (Phi) is 4.47. The molecule has 3 rings (SSSR count). The Morgan fingerprint density at radius 1 is 1.08 bits per heavy atom. The molecular formula is C20H20N2O2. The third-order valence-corrected chi connectivity index (χ3v) is 3.98. The summed E-state index contributed by atoms with van der Waals surface area (Å²) in [5.41, 5.74) is 4.47. The summed E-state index contributed by atoms with van der Waals surface area (Å²) in [6.45, 7) is 4.36. The average molecular weight is 320 g/mol. The Labute approximate surface area is 141 Å². The molecule has 0 bridgehead atoms. The minimum atomic E-state index is -0.0631. The molecule has 0 N–H and O–H groups in total. The van der Waals surface area contributed by atoms with Gasteiger partial charge in [-0.15, -0.1) is 0 Å². The summed E-state index contributed by atoms with van der Waals surface area (Å²) in [5.74, 6) is 0.694. The number of pyridine rings is 1. The van der Waals surface area contributed by atoms with Gasteiger partial charge < -0.3 is 9.32 Å². The van der Waals surface area contributed by atoms with Crippen molar-refractivity contribution in [3.63, 3.8) is 0 Å². The van der Waals surface area contributed by atoms with Crippen LogP contribution in [-0.2, 0) is 6.54 Å². The molecule has 1 aromatic carbocycles. The van der Waals surface area contributed by atoms with Crippen LogP contribution >= 0.6 is 0 Å². The van der Waals surface area contributed by atoms with Gasteiger partial charge in [-0.1, -0.05) is 29.8 Å². The number of carbonyl (C=O) groups is 1. The maximum Gasteiger partial charge on any atom is 0.255 e. The van der Waals surface area contributed by atoms with Gasteiger partial charge in [-0.2, -0.15) is 0 Å². The third-order valence-electron chi connectivity index (χ3n) is 3.98. The highest BCUT2D eigenvalue weighted by molar-refractivity contribution is 5.95. The van der Waals surface area contributed by atoms with Crippen molar-refractivity contribution >= 4 is 5.91 Å². The van der Waals surface area contributed by atoms with Crippen molar-refractivity contribution in [1.82, 2.24) is 9.88 Å². The number of amides is 1. The number of hydrogen-bond donors (Lipinski definition) is 0. The second-order valence-electron chi connectivity index (χ2n) is 5.94. The molecule has 2 aromatic heterocycles. The average Bonchev–Trinajstić information content (AvgIpc) is 3.08. The second kappa shape index (κ2) is 6.71. The quantitative estimate of drug-likeness (QED) is 0.722. The summed E-state index contributed by atoms with van der Waals surface area (Å²) in [5, 5.41) is 0. The van der Waals surface area contributed by atoms with E-state index >= 15 is 0 Å². The maximum absolute atomic E-state index is 12.6. The Bertz CT molecular complexity index is 837. The molecule has 0 atom stereocenters. The summed E-state index contributed by atoms with van der Waals surface area (Å²) >= 11 is 0. The second-order valence-corrected chi connectivity index (χ2v) is 5.94. The largest absolute Gasteiger partial charge is 0.467 e. The molecular weight excluding hydrogens is 300 g/mol. The number of aryl methyl sites for hydroxylation is 2. The number of rotatable bonds is 4. The zero-order valence-electron chi connectivity index (χ0n) is 14.1. The fraction of sp³-hybridized carbons (Fsp3) is 0.200. The van der Waals surface area contributed by atoms with E-state index < -0.39 is 0 Å². The lowest BCUT2D eigenvalue weighted by molar-refractivity contribution is 0.0774. The number of aromatic nitrogens is 1. The minimum Gasteiger partial charge on any atom is -0.467 e. The van der Waals surface area contributed by atoms with E-state index in [1.807, 2.05) is 43.3 Å². The van der Waals surface area contributed by atoms with Crippen molar-refractivity contribution in [2.24, 2.45) is 0 Å². The molecule has 0 aliphatic heterocycles. The molecule has 4 nitrogen and oxygen atoms in total. The van der Waals surface area contributed by atoms with E-state index in [4.69, 9.17) is 4.42 Å². The van der Waals surface area contributed by atoms with Crippen LogP contribution in [0.3, 0.4) is 0 Å². The van der Waals surface area contributed by atoms with E-state index in [1.54, 1.807) is 18.2 Å². The number of hydrogen-bond acceptors (Lipinski definition) is 3. The lowest BCUT2D eigenvalue weighted by atomic mass is 10.1. The van der Waals surface area contributed by atoms with E-state index in [9.17, 15) is 4.79 Å². The van der Waals surface area contributed by atoms with Crippen molar-refractivity contribution in [2.75, 3.05) is 7.05 Å². The highest BCUT2D eigenvalue weighted by Gasteiger charge is 2.16. The first-order valence-electron chi connectivity index (χ1n) is 7.87. The first-order chi connectivity index (χ1) is 11.5. The molecule has 0 fully saturated rings. The standard InChI is InChI=1S/C20H20N2O2/c1-14-6-8-16(9-7-14)19-11-10-18(15(2)21-19)20(23)22(3)13-17-5-4-12-24-17/h4-12H,13H2,1-3H3. The monoisotopic (exact) mass is 320 g/mol. The lowest BCUT2D eigenvalue weighted by Crippen LogP contribution is -2.27. The van der Waals surface area contributed by atoms with E-state index in [2.05, 4.69) is 24.0 Å². The van der Waals surface area contributed by atoms with Gasteiger partial charge in [0.1, 0.15) is 5.76 Å². The van der Waals surface area contributed by atoms with Crippen molar-refractivity contribution < 1.29 is 9.21 Å². The van der Waals surface area contributed by atoms with Crippen LogP contribution in [0.5, 0.6) is 0 Å². The van der Waals surface area contributed by atoms with Crippen LogP contribution in [0, 0.1) is 13.8 Å². The molecule has 0 radical (unpaired) electrons. The van der Waals surface area contributed by atoms with Gasteiger partial charge in [-0.3, -0.25) is 9.78 Å². The molecule has 0 saturated carbocycles. The van der Waals surface area contributed by atoms with E-state index in [1.165, 1.54) is 5.56 Å². The highest BCUT2D eigenvalue weighted by Crippen LogP contribution is 2.20. The first-order valence-corrected chi connectivity index (χ1v) is 7.87. The summed E-state index contributed by atoms with van der Waals surface area (Å²) < 4.78 is 5.30. The molecule has 1 amide bonds. The number of furan rings is 1. The van der Waals surface area contributed by atoms with Gasteiger partial charge >= 0.3 is 0 Å². The van der Waals surface area contributed by atoms with Crippen LogP contribution in [-0.4, -0.2) is 22.8 Å². The molecule has 0 aliphatic carbocycles. The summed E-state index contributed by atoms with van der Waals surface area (Å²) in [6.07, 6.45) is 1.61. The van der Waals surface area contributed by atoms with E-state index in [0.717, 1.165) is 22.7 Å². The zero-order chi connectivity index (χ0) is 17.1. The number of nitrogens with zero attached hydrogens (tertiary/aromatic N) is 2. The number of benzene rings is 1. The van der Waals surface area contributed by atoms with Crippen molar-refractivity contribution in [3.8, 4) is 11.3 Å². The fourth-order valence-electron chi connectivity index (χ4n) is 2.59. The molecule has 2 heterocycles. The van der Waals surface area contributed by atoms with Crippen molar-refractivity contribution in [1.29, 1.82) is 0 Å². The maximum atomic E-state index is 12.6. The SMILES string of the molecule is Cc1ccc(-c2ccc(C(=O)N(C)Cc3ccco3)c(C)n2)cc1. The van der Waals surface area contributed by atoms with Crippen LogP contribution in [0.2, 0.25) is 0 Å². The van der Waals surface area contributed by atoms with E-state index in [0.29, 0.717) is 12.1 Å². The number of carbonyl (C=O) groups excluding carboxylic acids is 1. The topological polar surface area (TPSA) is 46.3 Å². The Morgan fingerprint density at radius 3 is 2.46 bits per heavy atom. The first kappa shape index (κ1) is 16.0. The van der Waals surface area contributed by atoms with Crippen LogP contribution < -0.4 is 0 Å². The molecule has 0 saturated heterocycles. The van der Waals surface area contributed by atoms with Crippen molar-refractivity contribution in [3.05, 3.63) is 77.4 Å². The normalized spacial score (nSPS) is 10.6. The predicted molar refractivity (Wildman–Crippen MR) is 93.7 cm³/mol. The summed E-state index contributed by atoms with van der Waals surface area (Å²) in [7, 11) is 1.76. The highest BCUT2D eigenvalue weighted by atomic mass is 16.3. The van der Waals surface area contributed by atoms with E-state index in [-0.39, 0.29) is 5.91 Å². The van der Waals surface area contributed by atoms with Gasteiger partial charge in [0.15, 0.2) is 0 Å². The molecule has 122 valence electrons.